The zero-order valence-electron chi connectivity index (χ0n) is 29.0. The number of esters is 1. The minimum atomic E-state index is -2.65. The summed E-state index contributed by atoms with van der Waals surface area (Å²) in [7, 11) is 2.52. The fraction of sp³-hybridized carbons (Fsp3) is 0.649. The molecule has 3 atom stereocenters. The summed E-state index contributed by atoms with van der Waals surface area (Å²) >= 11 is 0. The number of aliphatic hydroxyl groups is 1. The van der Waals surface area contributed by atoms with Crippen LogP contribution in [0, 0.1) is 17.8 Å². The van der Waals surface area contributed by atoms with Gasteiger partial charge < -0.3 is 29.7 Å². The highest BCUT2D eigenvalue weighted by Crippen LogP contribution is 2.29. The van der Waals surface area contributed by atoms with Gasteiger partial charge in [0.15, 0.2) is 5.60 Å². The Balaban J connectivity index is 2.89. The molecule has 0 unspecified atom stereocenters. The number of hydrogen-bond donors (Lipinski definition) is 3. The van der Waals surface area contributed by atoms with Crippen LogP contribution in [0.25, 0.3) is 0 Å². The van der Waals surface area contributed by atoms with Crippen LogP contribution in [0.4, 0.5) is 8.78 Å². The number of nitrogens with one attached hydrogen (secondary N) is 1. The molecule has 0 aliphatic rings. The quantitative estimate of drug-likeness (QED) is 0.0430. The molecule has 0 bridgehead atoms. The Bertz CT molecular complexity index is 1180. The van der Waals surface area contributed by atoms with E-state index in [0.29, 0.717) is 49.8 Å². The topological polar surface area (TPSA) is 131 Å². The lowest BCUT2D eigenvalue weighted by atomic mass is 9.83. The second-order valence-electron chi connectivity index (χ2n) is 12.0. The van der Waals surface area contributed by atoms with E-state index in [1.165, 1.54) is 20.3 Å². The third-order valence-electron chi connectivity index (χ3n) is 8.15. The Morgan fingerprint density at radius 2 is 1.58 bits per heavy atom. The van der Waals surface area contributed by atoms with Gasteiger partial charge in [-0.2, -0.15) is 0 Å². The fourth-order valence-corrected chi connectivity index (χ4v) is 5.21. The molecule has 48 heavy (non-hydrogen) atoms. The lowest BCUT2D eigenvalue weighted by Gasteiger charge is -2.30. The molecular weight excluding hydrogens is 624 g/mol. The van der Waals surface area contributed by atoms with Crippen molar-refractivity contribution in [1.29, 1.82) is 0 Å². The Kier molecular flexibility index (Phi) is 21.1. The van der Waals surface area contributed by atoms with Crippen LogP contribution in [0.15, 0.2) is 36.4 Å². The molecule has 270 valence electrons. The predicted octanol–water partition coefficient (Wildman–Crippen LogP) is 6.65. The van der Waals surface area contributed by atoms with Crippen molar-refractivity contribution in [3.8, 4) is 17.6 Å². The van der Waals surface area contributed by atoms with Gasteiger partial charge in [0.25, 0.3) is 0 Å². The second kappa shape index (κ2) is 23.8. The van der Waals surface area contributed by atoms with E-state index in [1.807, 2.05) is 0 Å². The van der Waals surface area contributed by atoms with Crippen LogP contribution < -0.4 is 10.1 Å². The molecule has 9 nitrogen and oxygen atoms in total. The Hall–Kier alpha value is -3.49. The number of carboxylic acid groups (broad SMARTS) is 1. The van der Waals surface area contributed by atoms with E-state index in [4.69, 9.17) is 14.2 Å². The first-order valence-corrected chi connectivity index (χ1v) is 16.9. The molecule has 1 aromatic rings. The van der Waals surface area contributed by atoms with E-state index >= 15 is 0 Å². The third-order valence-corrected chi connectivity index (χ3v) is 8.15. The lowest BCUT2D eigenvalue weighted by Crippen LogP contribution is -2.55. The lowest BCUT2D eigenvalue weighted by molar-refractivity contribution is -0.169. The maximum absolute atomic E-state index is 14.2. The molecule has 1 amide bonds. The highest BCUT2D eigenvalue weighted by Gasteiger charge is 2.47. The number of alkyl halides is 2. The van der Waals surface area contributed by atoms with Crippen LogP contribution in [-0.2, 0) is 30.3 Å². The molecule has 0 heterocycles. The molecule has 1 rings (SSSR count). The Labute approximate surface area is 284 Å². The maximum Gasteiger partial charge on any atom is 0.336 e. The number of amides is 1. The van der Waals surface area contributed by atoms with Crippen LogP contribution in [0.5, 0.6) is 5.75 Å². The van der Waals surface area contributed by atoms with Crippen LogP contribution in [0.3, 0.4) is 0 Å². The fourth-order valence-electron chi connectivity index (χ4n) is 5.21. The van der Waals surface area contributed by atoms with E-state index in [9.17, 15) is 33.4 Å². The van der Waals surface area contributed by atoms with E-state index < -0.39 is 41.3 Å². The number of rotatable bonds is 26. The number of carbonyl (C=O) groups excluding carboxylic acids is 2. The molecule has 0 radical (unpaired) electrons. The number of unbranched alkanes of at least 4 members (excludes halogenated alkanes) is 8. The summed E-state index contributed by atoms with van der Waals surface area (Å²) in [5.74, 6) is -1.36. The summed E-state index contributed by atoms with van der Waals surface area (Å²) in [6, 6.07) is 5.66. The van der Waals surface area contributed by atoms with Gasteiger partial charge in [-0.1, -0.05) is 75.7 Å². The average molecular weight is 680 g/mol. The zero-order valence-corrected chi connectivity index (χ0v) is 29.0. The standard InChI is InChI=1S/C37H55F2NO8/c1-5-7-9-13-16-23-36(38,39)24-17-14-11-10-12-15-18-31(37(45,35(43)44)25-27-46-3)33(41)40-32(34(42)47-4)28-29-19-21-30(22-20-29)48-26-8-6-2/h15,18-22,31-32,45H,5,7,9-14,16-17,23-28H2,1-4H3,(H,40,41)(H,43,44)/b18-15+/t31-,32+,37+/m1/s1. The summed E-state index contributed by atoms with van der Waals surface area (Å²) in [4.78, 5) is 38.5. The van der Waals surface area contributed by atoms with E-state index in [1.54, 1.807) is 37.3 Å². The number of carbonyl (C=O) groups is 3. The summed E-state index contributed by atoms with van der Waals surface area (Å²) in [6.07, 6.45) is 9.65. The molecule has 1 aromatic carbocycles. The van der Waals surface area contributed by atoms with Crippen LogP contribution in [0.2, 0.25) is 0 Å². The van der Waals surface area contributed by atoms with Crippen LogP contribution >= 0.6 is 0 Å². The van der Waals surface area contributed by atoms with Crippen molar-refractivity contribution in [3.05, 3.63) is 42.0 Å². The van der Waals surface area contributed by atoms with Crippen molar-refractivity contribution in [2.24, 2.45) is 5.92 Å². The number of methoxy groups -OCH3 is 2. The van der Waals surface area contributed by atoms with Crippen LogP contribution in [-0.4, -0.2) is 73.1 Å². The molecule has 0 spiro atoms. The number of aliphatic carboxylic acids is 1. The first-order valence-electron chi connectivity index (χ1n) is 16.9. The first kappa shape index (κ1) is 42.5. The van der Waals surface area contributed by atoms with Crippen molar-refractivity contribution in [2.75, 3.05) is 27.4 Å². The number of halogens is 2. The van der Waals surface area contributed by atoms with Crippen molar-refractivity contribution in [2.45, 2.75) is 121 Å². The molecule has 0 aliphatic carbocycles. The largest absolute Gasteiger partial charge is 0.481 e. The number of hydrogen-bond acceptors (Lipinski definition) is 7. The van der Waals surface area contributed by atoms with Gasteiger partial charge in [0.05, 0.1) is 13.0 Å². The smallest absolute Gasteiger partial charge is 0.336 e. The minimum Gasteiger partial charge on any atom is -0.481 e. The van der Waals surface area contributed by atoms with Crippen molar-refractivity contribution in [1.82, 2.24) is 5.32 Å². The van der Waals surface area contributed by atoms with Gasteiger partial charge in [0, 0.05) is 39.4 Å². The molecule has 0 aliphatic heterocycles. The van der Waals surface area contributed by atoms with E-state index in [0.717, 1.165) is 25.7 Å². The summed E-state index contributed by atoms with van der Waals surface area (Å²) in [5, 5.41) is 23.8. The van der Waals surface area contributed by atoms with Gasteiger partial charge in [-0.15, -0.1) is 5.92 Å². The molecule has 0 saturated heterocycles. The number of carboxylic acids is 1. The zero-order chi connectivity index (χ0) is 35.8. The molecule has 11 heteroatoms. The number of benzene rings is 1. The molecule has 0 aromatic heterocycles. The summed E-state index contributed by atoms with van der Waals surface area (Å²) in [5.41, 5.74) is -1.86. The van der Waals surface area contributed by atoms with Crippen molar-refractivity contribution < 1.29 is 47.6 Å². The normalized spacial score (nSPS) is 14.0. The van der Waals surface area contributed by atoms with Crippen LogP contribution in [0.1, 0.15) is 103 Å². The maximum atomic E-state index is 14.2. The van der Waals surface area contributed by atoms with Gasteiger partial charge in [-0.3, -0.25) is 4.79 Å². The molecule has 0 fully saturated rings. The van der Waals surface area contributed by atoms with Gasteiger partial charge >= 0.3 is 11.9 Å². The minimum absolute atomic E-state index is 0.0331. The van der Waals surface area contributed by atoms with Gasteiger partial charge in [-0.25, -0.2) is 18.4 Å². The van der Waals surface area contributed by atoms with Gasteiger partial charge in [0.2, 0.25) is 11.8 Å². The first-order chi connectivity index (χ1) is 22.9. The Morgan fingerprint density at radius 1 is 0.958 bits per heavy atom. The molecular formula is C37H55F2NO8. The van der Waals surface area contributed by atoms with E-state index in [-0.39, 0.29) is 38.9 Å². The SMILES string of the molecule is CC#CCOc1ccc(C[C@H](NC(=O)[C@@H](/C=C/CCCCCCC(F)(F)CCCCCCC)[C@@](O)(CCOC)C(=O)O)C(=O)OC)cc1. The Morgan fingerprint density at radius 3 is 2.15 bits per heavy atom. The highest BCUT2D eigenvalue weighted by atomic mass is 19.3. The summed E-state index contributed by atoms with van der Waals surface area (Å²) < 4.78 is 43.7. The van der Waals surface area contributed by atoms with E-state index in [2.05, 4.69) is 24.1 Å². The predicted molar refractivity (Wildman–Crippen MR) is 181 cm³/mol. The van der Waals surface area contributed by atoms with Crippen molar-refractivity contribution >= 4 is 17.8 Å². The van der Waals surface area contributed by atoms with Gasteiger partial charge in [0.1, 0.15) is 18.4 Å². The average Bonchev–Trinajstić information content (AvgIpc) is 3.06. The second-order valence-corrected chi connectivity index (χ2v) is 12.0. The number of ether oxygens (including phenoxy) is 3. The monoisotopic (exact) mass is 679 g/mol. The van der Waals surface area contributed by atoms with Crippen molar-refractivity contribution in [3.63, 3.8) is 0 Å². The number of allylic oxidation sites excluding steroid dienone is 1. The summed E-state index contributed by atoms with van der Waals surface area (Å²) in [6.45, 7) is 3.88. The van der Waals surface area contributed by atoms with Gasteiger partial charge in [-0.05, 0) is 50.3 Å². The highest BCUT2D eigenvalue weighted by molar-refractivity contribution is 5.92. The molecule has 3 N–H and O–H groups in total. The molecule has 0 saturated carbocycles. The third kappa shape index (κ3) is 16.6.